The number of rotatable bonds is 3. The van der Waals surface area contributed by atoms with Gasteiger partial charge >= 0.3 is 5.97 Å². The first kappa shape index (κ1) is 10.9. The van der Waals surface area contributed by atoms with Gasteiger partial charge in [0.15, 0.2) is 0 Å². The van der Waals surface area contributed by atoms with Crippen molar-refractivity contribution in [3.63, 3.8) is 0 Å². The Morgan fingerprint density at radius 2 is 2.13 bits per heavy atom. The van der Waals surface area contributed by atoms with Gasteiger partial charge in [0.05, 0.1) is 12.7 Å². The fourth-order valence-corrected chi connectivity index (χ4v) is 2.37. The average molecular weight is 213 g/mol. The predicted molar refractivity (Wildman–Crippen MR) is 55.3 cm³/mol. The van der Waals surface area contributed by atoms with Crippen LogP contribution in [0.15, 0.2) is 0 Å². The topological polar surface area (TPSA) is 58.6 Å². The summed E-state index contributed by atoms with van der Waals surface area (Å²) in [6, 6.07) is -0.290. The molecule has 1 aliphatic carbocycles. The molecule has 0 aromatic carbocycles. The van der Waals surface area contributed by atoms with Crippen LogP contribution in [0.3, 0.4) is 0 Å². The molecule has 0 spiro atoms. The van der Waals surface area contributed by atoms with Crippen LogP contribution in [-0.4, -0.2) is 36.4 Å². The van der Waals surface area contributed by atoms with Gasteiger partial charge in [-0.3, -0.25) is 4.79 Å². The van der Waals surface area contributed by atoms with Gasteiger partial charge in [-0.2, -0.15) is 0 Å². The zero-order valence-corrected chi connectivity index (χ0v) is 8.95. The maximum absolute atomic E-state index is 11.6. The normalized spacial score (nSPS) is 32.1. The molecule has 1 heterocycles. The van der Waals surface area contributed by atoms with E-state index < -0.39 is 6.10 Å². The summed E-state index contributed by atoms with van der Waals surface area (Å²) in [4.78, 5) is 11.6. The Bertz CT molecular complexity index is 226. The minimum Gasteiger partial charge on any atom is -0.464 e. The van der Waals surface area contributed by atoms with E-state index in [0.29, 0.717) is 25.5 Å². The first-order valence-corrected chi connectivity index (χ1v) is 5.84. The number of hydrogen-bond donors (Lipinski definition) is 2. The lowest BCUT2D eigenvalue weighted by atomic mass is 10.1. The summed E-state index contributed by atoms with van der Waals surface area (Å²) >= 11 is 0. The van der Waals surface area contributed by atoms with Crippen molar-refractivity contribution in [3.05, 3.63) is 0 Å². The molecule has 86 valence electrons. The molecular formula is C11H19NO3. The maximum Gasteiger partial charge on any atom is 0.323 e. The summed E-state index contributed by atoms with van der Waals surface area (Å²) in [6.45, 7) is 1.07. The molecule has 1 saturated heterocycles. The van der Waals surface area contributed by atoms with Gasteiger partial charge < -0.3 is 15.2 Å². The van der Waals surface area contributed by atoms with Crippen LogP contribution in [0, 0.1) is 5.92 Å². The molecule has 1 aliphatic heterocycles. The van der Waals surface area contributed by atoms with E-state index in [1.165, 1.54) is 25.7 Å². The second-order valence-electron chi connectivity index (χ2n) is 4.63. The number of hydrogen-bond acceptors (Lipinski definition) is 4. The molecule has 0 amide bonds. The summed E-state index contributed by atoms with van der Waals surface area (Å²) in [7, 11) is 0. The highest BCUT2D eigenvalue weighted by Gasteiger charge is 2.29. The van der Waals surface area contributed by atoms with E-state index in [9.17, 15) is 9.90 Å². The van der Waals surface area contributed by atoms with Crippen LogP contribution in [0.4, 0.5) is 0 Å². The van der Waals surface area contributed by atoms with Crippen molar-refractivity contribution in [2.24, 2.45) is 5.92 Å². The zero-order valence-electron chi connectivity index (χ0n) is 8.95. The van der Waals surface area contributed by atoms with E-state index in [-0.39, 0.29) is 12.0 Å². The molecule has 0 aromatic heterocycles. The number of aliphatic hydroxyl groups excluding tert-OH is 1. The van der Waals surface area contributed by atoms with Gasteiger partial charge in [-0.05, 0) is 18.8 Å². The summed E-state index contributed by atoms with van der Waals surface area (Å²) in [5.41, 5.74) is 0. The van der Waals surface area contributed by atoms with Crippen molar-refractivity contribution >= 4 is 5.97 Å². The number of esters is 1. The van der Waals surface area contributed by atoms with Crippen LogP contribution in [0.5, 0.6) is 0 Å². The van der Waals surface area contributed by atoms with Crippen LogP contribution in [-0.2, 0) is 9.53 Å². The van der Waals surface area contributed by atoms with E-state index in [0.717, 1.165) is 0 Å². The third kappa shape index (κ3) is 2.92. The lowest BCUT2D eigenvalue weighted by Gasteiger charge is -2.13. The molecule has 2 rings (SSSR count). The van der Waals surface area contributed by atoms with Crippen LogP contribution in [0.1, 0.15) is 32.1 Å². The predicted octanol–water partition coefficient (Wildman–Crippen LogP) is 0.443. The molecule has 0 bridgehead atoms. The number of nitrogens with one attached hydrogen (secondary N) is 1. The van der Waals surface area contributed by atoms with Crippen molar-refractivity contribution in [3.8, 4) is 0 Å². The van der Waals surface area contributed by atoms with Gasteiger partial charge in [-0.25, -0.2) is 0 Å². The summed E-state index contributed by atoms with van der Waals surface area (Å²) in [5, 5.41) is 12.2. The van der Waals surface area contributed by atoms with Crippen molar-refractivity contribution in [2.45, 2.75) is 44.2 Å². The van der Waals surface area contributed by atoms with E-state index in [4.69, 9.17) is 4.74 Å². The van der Waals surface area contributed by atoms with Crippen LogP contribution in [0.2, 0.25) is 0 Å². The van der Waals surface area contributed by atoms with E-state index in [2.05, 4.69) is 5.32 Å². The second kappa shape index (κ2) is 4.94. The Kier molecular flexibility index (Phi) is 3.59. The highest BCUT2D eigenvalue weighted by atomic mass is 16.5. The Morgan fingerprint density at radius 3 is 2.73 bits per heavy atom. The van der Waals surface area contributed by atoms with Crippen molar-refractivity contribution in [2.75, 3.05) is 13.2 Å². The van der Waals surface area contributed by atoms with Gasteiger partial charge in [-0.15, -0.1) is 0 Å². The van der Waals surface area contributed by atoms with Gasteiger partial charge in [0.1, 0.15) is 6.04 Å². The van der Waals surface area contributed by atoms with E-state index in [1.807, 2.05) is 0 Å². The third-order valence-corrected chi connectivity index (χ3v) is 3.33. The number of carbonyl (C=O) groups excluding carboxylic acids is 1. The molecular weight excluding hydrogens is 194 g/mol. The molecule has 15 heavy (non-hydrogen) atoms. The monoisotopic (exact) mass is 213 g/mol. The molecule has 2 aliphatic rings. The Hall–Kier alpha value is -0.610. The molecule has 2 atom stereocenters. The van der Waals surface area contributed by atoms with Gasteiger partial charge in [0, 0.05) is 13.0 Å². The highest BCUT2D eigenvalue weighted by molar-refractivity contribution is 5.76. The number of ether oxygens (including phenoxy) is 1. The van der Waals surface area contributed by atoms with E-state index >= 15 is 0 Å². The lowest BCUT2D eigenvalue weighted by molar-refractivity contribution is -0.147. The minimum absolute atomic E-state index is 0.196. The first-order valence-electron chi connectivity index (χ1n) is 5.84. The average Bonchev–Trinajstić information content (AvgIpc) is 2.84. The molecule has 4 nitrogen and oxygen atoms in total. The molecule has 0 aromatic rings. The number of β-amino-alcohol motifs (C(OH)–C–C–N with tert-alkyl or cyclic N) is 1. The number of aliphatic hydroxyl groups is 1. The quantitative estimate of drug-likeness (QED) is 0.668. The lowest BCUT2D eigenvalue weighted by Crippen LogP contribution is -2.33. The van der Waals surface area contributed by atoms with Crippen molar-refractivity contribution < 1.29 is 14.6 Å². The molecule has 2 unspecified atom stereocenters. The third-order valence-electron chi connectivity index (χ3n) is 3.33. The molecule has 1 saturated carbocycles. The van der Waals surface area contributed by atoms with Crippen LogP contribution in [0.25, 0.3) is 0 Å². The van der Waals surface area contributed by atoms with Crippen LogP contribution < -0.4 is 5.32 Å². The Labute approximate surface area is 90.0 Å². The Morgan fingerprint density at radius 1 is 1.40 bits per heavy atom. The molecule has 2 fully saturated rings. The summed E-state index contributed by atoms with van der Waals surface area (Å²) in [5.74, 6) is 0.374. The number of carbonyl (C=O) groups is 1. The van der Waals surface area contributed by atoms with E-state index in [1.54, 1.807) is 0 Å². The highest BCUT2D eigenvalue weighted by Crippen LogP contribution is 2.24. The smallest absolute Gasteiger partial charge is 0.323 e. The molecule has 2 N–H and O–H groups in total. The maximum atomic E-state index is 11.6. The summed E-state index contributed by atoms with van der Waals surface area (Å²) in [6.07, 6.45) is 5.01. The fraction of sp³-hybridized carbons (Fsp3) is 0.909. The van der Waals surface area contributed by atoms with Gasteiger partial charge in [0.25, 0.3) is 0 Å². The Balaban J connectivity index is 1.67. The zero-order chi connectivity index (χ0) is 10.7. The minimum atomic E-state index is -0.394. The molecule has 0 radical (unpaired) electrons. The molecule has 4 heteroatoms. The van der Waals surface area contributed by atoms with Crippen molar-refractivity contribution in [1.29, 1.82) is 0 Å². The van der Waals surface area contributed by atoms with Crippen LogP contribution >= 0.6 is 0 Å². The standard InChI is InChI=1S/C11H19NO3/c13-9-5-10(12-6-9)11(14)15-7-8-3-1-2-4-8/h8-10,12-13H,1-7H2. The summed E-state index contributed by atoms with van der Waals surface area (Å²) < 4.78 is 5.25. The SMILES string of the molecule is O=C(OCC1CCCC1)C1CC(O)CN1. The van der Waals surface area contributed by atoms with Gasteiger partial charge in [0.2, 0.25) is 0 Å². The largest absolute Gasteiger partial charge is 0.464 e. The first-order chi connectivity index (χ1) is 7.25. The second-order valence-corrected chi connectivity index (χ2v) is 4.63. The van der Waals surface area contributed by atoms with Crippen molar-refractivity contribution in [1.82, 2.24) is 5.32 Å². The fourth-order valence-electron chi connectivity index (χ4n) is 2.37. The van der Waals surface area contributed by atoms with Gasteiger partial charge in [-0.1, -0.05) is 12.8 Å².